The lowest BCUT2D eigenvalue weighted by atomic mass is 10.2. The first-order valence-corrected chi connectivity index (χ1v) is 4.54. The maximum Gasteiger partial charge on any atom is 0.0499 e. The van der Waals surface area contributed by atoms with Crippen LogP contribution in [0.15, 0.2) is 24.3 Å². The average Bonchev–Trinajstić information content (AvgIpc) is 2.45. The maximum absolute atomic E-state index is 6.05. The third kappa shape index (κ3) is 1.23. The van der Waals surface area contributed by atoms with Crippen LogP contribution in [0.1, 0.15) is 5.69 Å². The minimum absolute atomic E-state index is 0.543. The molecule has 2 N–H and O–H groups in total. The van der Waals surface area contributed by atoms with E-state index < -0.39 is 0 Å². The highest BCUT2D eigenvalue weighted by Gasteiger charge is 2.05. The molecule has 0 radical (unpaired) electrons. The largest absolute Gasteiger partial charge is 0.346 e. The number of hydrogen-bond donors (Lipinski definition) is 1. The zero-order valence-corrected chi connectivity index (χ0v) is 8.17. The highest BCUT2D eigenvalue weighted by atomic mass is 35.5. The molecule has 0 unspecified atom stereocenters. The number of halogens is 1. The van der Waals surface area contributed by atoms with Gasteiger partial charge in [-0.3, -0.25) is 0 Å². The molecule has 0 saturated heterocycles. The van der Waals surface area contributed by atoms with E-state index in [-0.39, 0.29) is 0 Å². The van der Waals surface area contributed by atoms with Crippen molar-refractivity contribution in [3.63, 3.8) is 0 Å². The summed E-state index contributed by atoms with van der Waals surface area (Å²) in [6.07, 6.45) is 0. The summed E-state index contributed by atoms with van der Waals surface area (Å²) in [6.45, 7) is 0.543. The van der Waals surface area contributed by atoms with Crippen molar-refractivity contribution < 1.29 is 0 Å². The molecule has 1 aromatic carbocycles. The Morgan fingerprint density at radius 2 is 2.23 bits per heavy atom. The van der Waals surface area contributed by atoms with E-state index in [1.165, 1.54) is 0 Å². The molecule has 0 saturated carbocycles. The number of nitrogens with two attached hydrogens (primary N) is 1. The van der Waals surface area contributed by atoms with Crippen LogP contribution < -0.4 is 5.73 Å². The fourth-order valence-corrected chi connectivity index (χ4v) is 1.80. The zero-order chi connectivity index (χ0) is 9.42. The number of nitrogens with zero attached hydrogens (tertiary/aromatic N) is 1. The summed E-state index contributed by atoms with van der Waals surface area (Å²) in [4.78, 5) is 0. The quantitative estimate of drug-likeness (QED) is 0.742. The van der Waals surface area contributed by atoms with Gasteiger partial charge in [-0.1, -0.05) is 17.7 Å². The van der Waals surface area contributed by atoms with Crippen molar-refractivity contribution in [2.45, 2.75) is 6.54 Å². The van der Waals surface area contributed by atoms with Crippen LogP contribution in [0.3, 0.4) is 0 Å². The van der Waals surface area contributed by atoms with Crippen molar-refractivity contribution in [3.8, 4) is 0 Å². The second-order valence-corrected chi connectivity index (χ2v) is 3.48. The highest BCUT2D eigenvalue weighted by molar-refractivity contribution is 6.35. The van der Waals surface area contributed by atoms with E-state index in [0.717, 1.165) is 21.6 Å². The third-order valence-electron chi connectivity index (χ3n) is 2.34. The smallest absolute Gasteiger partial charge is 0.0499 e. The fraction of sp³-hybridized carbons (Fsp3) is 0.200. The Hall–Kier alpha value is -0.990. The molecule has 3 heteroatoms. The molecule has 0 aliphatic rings. The minimum atomic E-state index is 0.543. The normalized spacial score (nSPS) is 11.0. The van der Waals surface area contributed by atoms with Gasteiger partial charge in [-0.05, 0) is 18.2 Å². The van der Waals surface area contributed by atoms with Gasteiger partial charge in [-0.2, -0.15) is 0 Å². The molecule has 0 bridgehead atoms. The van der Waals surface area contributed by atoms with E-state index in [1.54, 1.807) is 0 Å². The lowest BCUT2D eigenvalue weighted by molar-refractivity contribution is 0.849. The van der Waals surface area contributed by atoms with Crippen LogP contribution >= 0.6 is 11.6 Å². The van der Waals surface area contributed by atoms with Crippen LogP contribution in [0, 0.1) is 0 Å². The fourth-order valence-electron chi connectivity index (χ4n) is 1.58. The molecule has 0 spiro atoms. The van der Waals surface area contributed by atoms with Crippen LogP contribution in [0.2, 0.25) is 5.02 Å². The summed E-state index contributed by atoms with van der Waals surface area (Å²) in [5, 5.41) is 1.86. The van der Waals surface area contributed by atoms with Crippen molar-refractivity contribution in [3.05, 3.63) is 35.0 Å². The van der Waals surface area contributed by atoms with E-state index in [2.05, 4.69) is 4.57 Å². The first kappa shape index (κ1) is 8.60. The van der Waals surface area contributed by atoms with E-state index in [0.29, 0.717) is 6.54 Å². The summed E-state index contributed by atoms with van der Waals surface area (Å²) >= 11 is 6.05. The Morgan fingerprint density at radius 1 is 1.46 bits per heavy atom. The SMILES string of the molecule is Cn1c(CN)cc2c(Cl)cccc21. The standard InChI is InChI=1S/C10H11ClN2/c1-13-7(6-12)5-8-9(11)3-2-4-10(8)13/h2-5H,6,12H2,1H3. The predicted molar refractivity (Wildman–Crippen MR) is 55.8 cm³/mol. The minimum Gasteiger partial charge on any atom is -0.346 e. The van der Waals surface area contributed by atoms with Gasteiger partial charge in [-0.15, -0.1) is 0 Å². The average molecular weight is 195 g/mol. The van der Waals surface area contributed by atoms with Gasteiger partial charge in [0.2, 0.25) is 0 Å². The van der Waals surface area contributed by atoms with Gasteiger partial charge in [0.25, 0.3) is 0 Å². The van der Waals surface area contributed by atoms with E-state index in [1.807, 2.05) is 31.3 Å². The number of hydrogen-bond acceptors (Lipinski definition) is 1. The third-order valence-corrected chi connectivity index (χ3v) is 2.67. The number of aryl methyl sites for hydroxylation is 1. The van der Waals surface area contributed by atoms with Gasteiger partial charge in [0, 0.05) is 35.2 Å². The molecular formula is C10H11ClN2. The second kappa shape index (κ2) is 3.05. The number of fused-ring (bicyclic) bond motifs is 1. The van der Waals surface area contributed by atoms with Crippen LogP contribution in [0.4, 0.5) is 0 Å². The molecular weight excluding hydrogens is 184 g/mol. The van der Waals surface area contributed by atoms with Gasteiger partial charge in [0.1, 0.15) is 0 Å². The summed E-state index contributed by atoms with van der Waals surface area (Å²) in [7, 11) is 2.00. The summed E-state index contributed by atoms with van der Waals surface area (Å²) in [5.74, 6) is 0. The molecule has 68 valence electrons. The van der Waals surface area contributed by atoms with Crippen LogP contribution in [0.25, 0.3) is 10.9 Å². The van der Waals surface area contributed by atoms with Gasteiger partial charge in [0.05, 0.1) is 0 Å². The number of benzene rings is 1. The van der Waals surface area contributed by atoms with Crippen LogP contribution in [-0.2, 0) is 13.6 Å². The van der Waals surface area contributed by atoms with E-state index in [9.17, 15) is 0 Å². The lowest BCUT2D eigenvalue weighted by Gasteiger charge is -2.00. The molecule has 0 aliphatic heterocycles. The Balaban J connectivity index is 2.83. The van der Waals surface area contributed by atoms with E-state index >= 15 is 0 Å². The van der Waals surface area contributed by atoms with E-state index in [4.69, 9.17) is 17.3 Å². The Bertz CT molecular complexity index is 445. The molecule has 2 nitrogen and oxygen atoms in total. The molecule has 0 atom stereocenters. The molecule has 0 aliphatic carbocycles. The Labute approximate surface area is 81.9 Å². The topological polar surface area (TPSA) is 30.9 Å². The van der Waals surface area contributed by atoms with Gasteiger partial charge in [-0.25, -0.2) is 0 Å². The molecule has 1 aromatic heterocycles. The first-order valence-electron chi connectivity index (χ1n) is 4.17. The monoisotopic (exact) mass is 194 g/mol. The second-order valence-electron chi connectivity index (χ2n) is 3.07. The van der Waals surface area contributed by atoms with Gasteiger partial charge >= 0.3 is 0 Å². The summed E-state index contributed by atoms with van der Waals surface area (Å²) in [6, 6.07) is 7.92. The lowest BCUT2D eigenvalue weighted by Crippen LogP contribution is -2.02. The molecule has 1 heterocycles. The molecule has 0 amide bonds. The summed E-state index contributed by atoms with van der Waals surface area (Å²) < 4.78 is 2.07. The Kier molecular flexibility index (Phi) is 2.02. The molecule has 0 fully saturated rings. The first-order chi connectivity index (χ1) is 6.24. The molecule has 2 rings (SSSR count). The van der Waals surface area contributed by atoms with Gasteiger partial charge < -0.3 is 10.3 Å². The van der Waals surface area contributed by atoms with Crippen molar-refractivity contribution in [1.29, 1.82) is 0 Å². The van der Waals surface area contributed by atoms with Crippen LogP contribution in [-0.4, -0.2) is 4.57 Å². The maximum atomic E-state index is 6.05. The zero-order valence-electron chi connectivity index (χ0n) is 7.42. The van der Waals surface area contributed by atoms with Crippen molar-refractivity contribution >= 4 is 22.5 Å². The summed E-state index contributed by atoms with van der Waals surface area (Å²) in [5.41, 5.74) is 7.83. The highest BCUT2D eigenvalue weighted by Crippen LogP contribution is 2.25. The van der Waals surface area contributed by atoms with Crippen molar-refractivity contribution in [2.75, 3.05) is 0 Å². The predicted octanol–water partition coefficient (Wildman–Crippen LogP) is 2.29. The van der Waals surface area contributed by atoms with Crippen LogP contribution in [0.5, 0.6) is 0 Å². The molecule has 2 aromatic rings. The number of aromatic nitrogens is 1. The van der Waals surface area contributed by atoms with Gasteiger partial charge in [0.15, 0.2) is 0 Å². The Morgan fingerprint density at radius 3 is 2.85 bits per heavy atom. The molecule has 13 heavy (non-hydrogen) atoms. The number of rotatable bonds is 1. The van der Waals surface area contributed by atoms with Crippen molar-refractivity contribution in [1.82, 2.24) is 4.57 Å². The van der Waals surface area contributed by atoms with Crippen molar-refractivity contribution in [2.24, 2.45) is 12.8 Å².